The van der Waals surface area contributed by atoms with Crippen molar-refractivity contribution < 1.29 is 9.13 Å². The molecule has 0 aliphatic rings. The van der Waals surface area contributed by atoms with Gasteiger partial charge in [-0.3, -0.25) is 0 Å². The van der Waals surface area contributed by atoms with Crippen LogP contribution in [0.15, 0.2) is 29.6 Å². The van der Waals surface area contributed by atoms with Gasteiger partial charge in [0.2, 0.25) is 0 Å². The van der Waals surface area contributed by atoms with Gasteiger partial charge in [-0.2, -0.15) is 0 Å². The van der Waals surface area contributed by atoms with Crippen molar-refractivity contribution in [2.45, 2.75) is 19.3 Å². The average molecular weight is 294 g/mol. The highest BCUT2D eigenvalue weighted by Gasteiger charge is 2.22. The number of ether oxygens (including phenoxy) is 1. The highest BCUT2D eigenvalue weighted by atomic mass is 32.1. The summed E-state index contributed by atoms with van der Waals surface area (Å²) in [5.41, 5.74) is 6.88. The van der Waals surface area contributed by atoms with E-state index in [1.54, 1.807) is 17.4 Å². The highest BCUT2D eigenvalue weighted by molar-refractivity contribution is 7.10. The number of rotatable bonds is 5. The Morgan fingerprint density at radius 2 is 2.15 bits per heavy atom. The maximum atomic E-state index is 13.5. The Labute approximate surface area is 122 Å². The van der Waals surface area contributed by atoms with Gasteiger partial charge in [-0.25, -0.2) is 4.39 Å². The predicted octanol–water partition coefficient (Wildman–Crippen LogP) is 3.87. The lowest BCUT2D eigenvalue weighted by molar-refractivity contribution is 0.387. The summed E-state index contributed by atoms with van der Waals surface area (Å²) in [7, 11) is 1.44. The standard InChI is InChI=1S/C15H19FN2OS/c1-15(2,14-5-4-6-20-14)9-18-12-8-13(19-3)10(16)7-11(12)17/h4-8,18H,9,17H2,1-3H3. The summed E-state index contributed by atoms with van der Waals surface area (Å²) < 4.78 is 18.5. The fourth-order valence-electron chi connectivity index (χ4n) is 1.95. The Morgan fingerprint density at radius 1 is 1.40 bits per heavy atom. The molecule has 0 spiro atoms. The first-order chi connectivity index (χ1) is 9.44. The Balaban J connectivity index is 2.15. The molecule has 20 heavy (non-hydrogen) atoms. The molecule has 0 bridgehead atoms. The number of anilines is 2. The van der Waals surface area contributed by atoms with Gasteiger partial charge in [0.25, 0.3) is 0 Å². The van der Waals surface area contributed by atoms with E-state index in [4.69, 9.17) is 10.5 Å². The first-order valence-corrected chi connectivity index (χ1v) is 7.23. The molecule has 2 rings (SSSR count). The van der Waals surface area contributed by atoms with E-state index in [1.807, 2.05) is 6.07 Å². The molecular formula is C15H19FN2OS. The van der Waals surface area contributed by atoms with Crippen LogP contribution < -0.4 is 15.8 Å². The molecule has 0 atom stereocenters. The summed E-state index contributed by atoms with van der Waals surface area (Å²) in [6.45, 7) is 5.01. The van der Waals surface area contributed by atoms with Crippen LogP contribution in [-0.4, -0.2) is 13.7 Å². The molecule has 1 aromatic heterocycles. The normalized spacial score (nSPS) is 11.4. The van der Waals surface area contributed by atoms with Crippen LogP contribution in [0.2, 0.25) is 0 Å². The van der Waals surface area contributed by atoms with Gasteiger partial charge < -0.3 is 15.8 Å². The third-order valence-corrected chi connectivity index (χ3v) is 4.47. The van der Waals surface area contributed by atoms with Crippen molar-refractivity contribution in [2.24, 2.45) is 0 Å². The van der Waals surface area contributed by atoms with Crippen molar-refractivity contribution in [1.82, 2.24) is 0 Å². The minimum absolute atomic E-state index is 0.0256. The number of nitrogens with two attached hydrogens (primary N) is 1. The topological polar surface area (TPSA) is 47.3 Å². The molecule has 5 heteroatoms. The number of halogens is 1. The monoisotopic (exact) mass is 294 g/mol. The summed E-state index contributed by atoms with van der Waals surface area (Å²) in [6, 6.07) is 7.02. The lowest BCUT2D eigenvalue weighted by atomic mass is 9.91. The predicted molar refractivity (Wildman–Crippen MR) is 83.2 cm³/mol. The van der Waals surface area contributed by atoms with E-state index >= 15 is 0 Å². The van der Waals surface area contributed by atoms with Gasteiger partial charge in [-0.15, -0.1) is 11.3 Å². The van der Waals surface area contributed by atoms with Gasteiger partial charge in [-0.05, 0) is 11.4 Å². The van der Waals surface area contributed by atoms with Gasteiger partial charge in [-0.1, -0.05) is 19.9 Å². The number of hydrogen-bond donors (Lipinski definition) is 2. The van der Waals surface area contributed by atoms with Crippen LogP contribution in [0.5, 0.6) is 5.75 Å². The van der Waals surface area contributed by atoms with Crippen LogP contribution >= 0.6 is 11.3 Å². The van der Waals surface area contributed by atoms with Crippen LogP contribution in [0.25, 0.3) is 0 Å². The Hall–Kier alpha value is -1.75. The van der Waals surface area contributed by atoms with Crippen LogP contribution in [0.3, 0.4) is 0 Å². The summed E-state index contributed by atoms with van der Waals surface area (Å²) in [5.74, 6) is -0.260. The number of benzene rings is 1. The van der Waals surface area contributed by atoms with E-state index in [-0.39, 0.29) is 11.2 Å². The van der Waals surface area contributed by atoms with Crippen LogP contribution in [-0.2, 0) is 5.41 Å². The lowest BCUT2D eigenvalue weighted by Crippen LogP contribution is -2.26. The van der Waals surface area contributed by atoms with E-state index in [0.717, 1.165) is 0 Å². The third-order valence-electron chi connectivity index (χ3n) is 3.23. The quantitative estimate of drug-likeness (QED) is 0.823. The Kier molecular flexibility index (Phi) is 4.18. The molecule has 108 valence electrons. The largest absolute Gasteiger partial charge is 0.494 e. The molecule has 0 unspecified atom stereocenters. The molecule has 0 aliphatic heterocycles. The fourth-order valence-corrected chi connectivity index (χ4v) is 2.80. The minimum Gasteiger partial charge on any atom is -0.494 e. The average Bonchev–Trinajstić information content (AvgIpc) is 2.92. The Bertz CT molecular complexity index is 582. The van der Waals surface area contributed by atoms with Crippen molar-refractivity contribution in [1.29, 1.82) is 0 Å². The van der Waals surface area contributed by atoms with Crippen LogP contribution in [0, 0.1) is 5.82 Å². The molecule has 3 nitrogen and oxygen atoms in total. The van der Waals surface area contributed by atoms with E-state index in [0.29, 0.717) is 17.9 Å². The zero-order chi connectivity index (χ0) is 14.8. The first kappa shape index (κ1) is 14.7. The number of nitrogen functional groups attached to an aromatic ring is 1. The summed E-state index contributed by atoms with van der Waals surface area (Å²) >= 11 is 1.72. The van der Waals surface area contributed by atoms with Gasteiger partial charge in [0.15, 0.2) is 11.6 Å². The molecule has 0 radical (unpaired) electrons. The molecule has 0 amide bonds. The molecule has 0 fully saturated rings. The molecular weight excluding hydrogens is 275 g/mol. The number of methoxy groups -OCH3 is 1. The van der Waals surface area contributed by atoms with Crippen molar-refractivity contribution in [3.63, 3.8) is 0 Å². The number of nitrogens with one attached hydrogen (secondary N) is 1. The van der Waals surface area contributed by atoms with Gasteiger partial charge >= 0.3 is 0 Å². The second-order valence-corrected chi connectivity index (χ2v) is 6.24. The second kappa shape index (κ2) is 5.71. The second-order valence-electron chi connectivity index (χ2n) is 5.29. The fraction of sp³-hybridized carbons (Fsp3) is 0.333. The SMILES string of the molecule is COc1cc(NCC(C)(C)c2cccs2)c(N)cc1F. The van der Waals surface area contributed by atoms with Crippen molar-refractivity contribution >= 4 is 22.7 Å². The molecule has 2 aromatic rings. The molecule has 1 heterocycles. The lowest BCUT2D eigenvalue weighted by Gasteiger charge is -2.25. The van der Waals surface area contributed by atoms with E-state index in [2.05, 4.69) is 30.6 Å². The smallest absolute Gasteiger partial charge is 0.167 e. The third kappa shape index (κ3) is 3.04. The zero-order valence-corrected chi connectivity index (χ0v) is 12.7. The summed E-state index contributed by atoms with van der Waals surface area (Å²) in [6.07, 6.45) is 0. The van der Waals surface area contributed by atoms with E-state index in [9.17, 15) is 4.39 Å². The summed E-state index contributed by atoms with van der Waals surface area (Å²) in [4.78, 5) is 1.29. The molecule has 0 saturated heterocycles. The molecule has 1 aromatic carbocycles. The number of thiophene rings is 1. The number of hydrogen-bond acceptors (Lipinski definition) is 4. The first-order valence-electron chi connectivity index (χ1n) is 6.35. The van der Waals surface area contributed by atoms with Crippen LogP contribution in [0.1, 0.15) is 18.7 Å². The van der Waals surface area contributed by atoms with Crippen molar-refractivity contribution in [2.75, 3.05) is 24.7 Å². The highest BCUT2D eigenvalue weighted by Crippen LogP contribution is 2.31. The maximum absolute atomic E-state index is 13.5. The van der Waals surface area contributed by atoms with Crippen LogP contribution in [0.4, 0.5) is 15.8 Å². The zero-order valence-electron chi connectivity index (χ0n) is 11.9. The Morgan fingerprint density at radius 3 is 2.75 bits per heavy atom. The minimum atomic E-state index is -0.451. The molecule has 0 aliphatic carbocycles. The van der Waals surface area contributed by atoms with Gasteiger partial charge in [0.1, 0.15) is 0 Å². The van der Waals surface area contributed by atoms with E-state index in [1.165, 1.54) is 18.1 Å². The van der Waals surface area contributed by atoms with Gasteiger partial charge in [0.05, 0.1) is 18.5 Å². The van der Waals surface area contributed by atoms with Crippen molar-refractivity contribution in [3.8, 4) is 5.75 Å². The van der Waals surface area contributed by atoms with E-state index < -0.39 is 5.82 Å². The molecule has 0 saturated carbocycles. The summed E-state index contributed by atoms with van der Waals surface area (Å²) in [5, 5.41) is 5.34. The van der Waals surface area contributed by atoms with Gasteiger partial charge in [0, 0.05) is 29.0 Å². The maximum Gasteiger partial charge on any atom is 0.167 e. The van der Waals surface area contributed by atoms with Crippen molar-refractivity contribution in [3.05, 3.63) is 40.3 Å². The molecule has 3 N–H and O–H groups in total.